The number of aryl methyl sites for hydroxylation is 2. The van der Waals surface area contributed by atoms with Gasteiger partial charge in [-0.3, -0.25) is 4.79 Å². The number of carbonyl (C=O) groups is 1. The first-order valence-corrected chi connectivity index (χ1v) is 10.2. The molecule has 0 bridgehead atoms. The molecule has 3 rings (SSSR count). The number of rotatable bonds is 5. The molecule has 1 aliphatic rings. The minimum Gasteiger partial charge on any atom is -0.301 e. The van der Waals surface area contributed by atoms with E-state index in [0.29, 0.717) is 5.92 Å². The van der Waals surface area contributed by atoms with E-state index >= 15 is 0 Å². The van der Waals surface area contributed by atoms with E-state index in [0.717, 1.165) is 30.0 Å². The summed E-state index contributed by atoms with van der Waals surface area (Å²) < 4.78 is 0. The Labute approximate surface area is 154 Å². The molecule has 134 valence electrons. The van der Waals surface area contributed by atoms with E-state index < -0.39 is 0 Å². The minimum atomic E-state index is -0.170. The highest BCUT2D eigenvalue weighted by Gasteiger charge is 2.19. The van der Waals surface area contributed by atoms with Crippen LogP contribution in [0.5, 0.6) is 0 Å². The lowest BCUT2D eigenvalue weighted by Crippen LogP contribution is -2.18. The van der Waals surface area contributed by atoms with Crippen LogP contribution in [-0.4, -0.2) is 10.9 Å². The lowest BCUT2D eigenvalue weighted by molar-refractivity contribution is -0.117. The Kier molecular flexibility index (Phi) is 5.89. The Balaban J connectivity index is 1.64. The maximum absolute atomic E-state index is 12.6. The molecule has 4 heteroatoms. The summed E-state index contributed by atoms with van der Waals surface area (Å²) in [5.74, 6) is 0.504. The standard InChI is InChI=1S/C21H28N2OS/c1-14(2)13-16-9-11-17(12-10-16)15(3)20(24)23-21-22-18-7-5-4-6-8-19(18)25-21/h9-12,14-15H,4-8,13H2,1-3H3,(H,22,23,24)/t15-/m1/s1. The number of carbonyl (C=O) groups excluding carboxylic acids is 1. The second kappa shape index (κ2) is 8.13. The number of anilines is 1. The van der Waals surface area contributed by atoms with Crippen LogP contribution in [0.25, 0.3) is 0 Å². The number of aromatic nitrogens is 1. The summed E-state index contributed by atoms with van der Waals surface area (Å²) in [7, 11) is 0. The number of thiazole rings is 1. The Bertz CT molecular complexity index is 694. The molecule has 0 spiro atoms. The van der Waals surface area contributed by atoms with Crippen LogP contribution < -0.4 is 5.32 Å². The quantitative estimate of drug-likeness (QED) is 0.734. The summed E-state index contributed by atoms with van der Waals surface area (Å²) in [6, 6.07) is 8.45. The number of nitrogens with zero attached hydrogens (tertiary/aromatic N) is 1. The van der Waals surface area contributed by atoms with Crippen molar-refractivity contribution < 1.29 is 4.79 Å². The molecule has 1 aliphatic carbocycles. The van der Waals surface area contributed by atoms with Gasteiger partial charge in [0.2, 0.25) is 5.91 Å². The van der Waals surface area contributed by atoms with Gasteiger partial charge in [0.15, 0.2) is 5.13 Å². The van der Waals surface area contributed by atoms with Gasteiger partial charge in [-0.05, 0) is 56.1 Å². The molecular formula is C21H28N2OS. The lowest BCUT2D eigenvalue weighted by atomic mass is 9.96. The molecule has 0 saturated heterocycles. The van der Waals surface area contributed by atoms with Crippen molar-refractivity contribution >= 4 is 22.4 Å². The Morgan fingerprint density at radius 2 is 1.84 bits per heavy atom. The first-order chi connectivity index (χ1) is 12.0. The monoisotopic (exact) mass is 356 g/mol. The normalized spacial score (nSPS) is 15.5. The Morgan fingerprint density at radius 1 is 1.12 bits per heavy atom. The van der Waals surface area contributed by atoms with Crippen molar-refractivity contribution in [2.24, 2.45) is 5.92 Å². The molecular weight excluding hydrogens is 328 g/mol. The van der Waals surface area contributed by atoms with Gasteiger partial charge in [-0.1, -0.05) is 44.5 Å². The van der Waals surface area contributed by atoms with Gasteiger partial charge in [0.05, 0.1) is 11.6 Å². The molecule has 2 aromatic rings. The van der Waals surface area contributed by atoms with Gasteiger partial charge < -0.3 is 5.32 Å². The molecule has 0 saturated carbocycles. The Morgan fingerprint density at radius 3 is 2.56 bits per heavy atom. The summed E-state index contributed by atoms with van der Waals surface area (Å²) in [6.07, 6.45) is 6.97. The van der Waals surface area contributed by atoms with E-state index in [4.69, 9.17) is 0 Å². The number of amides is 1. The van der Waals surface area contributed by atoms with E-state index in [2.05, 4.69) is 48.4 Å². The van der Waals surface area contributed by atoms with Crippen LogP contribution in [0.15, 0.2) is 24.3 Å². The zero-order valence-corrected chi connectivity index (χ0v) is 16.3. The molecule has 1 aromatic carbocycles. The predicted octanol–water partition coefficient (Wildman–Crippen LogP) is 5.35. The first kappa shape index (κ1) is 18.1. The van der Waals surface area contributed by atoms with Crippen molar-refractivity contribution in [2.75, 3.05) is 5.32 Å². The van der Waals surface area contributed by atoms with E-state index in [-0.39, 0.29) is 11.8 Å². The average Bonchev–Trinajstić information content (AvgIpc) is 2.82. The van der Waals surface area contributed by atoms with Gasteiger partial charge in [-0.2, -0.15) is 0 Å². The number of hydrogen-bond donors (Lipinski definition) is 1. The summed E-state index contributed by atoms with van der Waals surface area (Å²) in [6.45, 7) is 6.41. The number of fused-ring (bicyclic) bond motifs is 1. The maximum atomic E-state index is 12.6. The highest BCUT2D eigenvalue weighted by atomic mass is 32.1. The van der Waals surface area contributed by atoms with E-state index in [9.17, 15) is 4.79 Å². The molecule has 1 heterocycles. The van der Waals surface area contributed by atoms with Gasteiger partial charge in [0.25, 0.3) is 0 Å². The van der Waals surface area contributed by atoms with E-state index in [1.54, 1.807) is 11.3 Å². The Hall–Kier alpha value is -1.68. The van der Waals surface area contributed by atoms with E-state index in [1.807, 2.05) is 6.92 Å². The van der Waals surface area contributed by atoms with Crippen molar-refractivity contribution in [3.8, 4) is 0 Å². The smallest absolute Gasteiger partial charge is 0.233 e. The molecule has 1 atom stereocenters. The van der Waals surface area contributed by atoms with Crippen molar-refractivity contribution in [3.05, 3.63) is 46.0 Å². The third-order valence-corrected chi connectivity index (χ3v) is 5.92. The van der Waals surface area contributed by atoms with Crippen LogP contribution in [0, 0.1) is 5.92 Å². The lowest BCUT2D eigenvalue weighted by Gasteiger charge is -2.12. The molecule has 1 N–H and O–H groups in total. The first-order valence-electron chi connectivity index (χ1n) is 9.41. The molecule has 0 aliphatic heterocycles. The molecule has 25 heavy (non-hydrogen) atoms. The minimum absolute atomic E-state index is 0.0283. The van der Waals surface area contributed by atoms with Crippen molar-refractivity contribution in [3.63, 3.8) is 0 Å². The third kappa shape index (κ3) is 4.69. The fourth-order valence-corrected chi connectivity index (χ4v) is 4.41. The molecule has 0 radical (unpaired) electrons. The highest BCUT2D eigenvalue weighted by molar-refractivity contribution is 7.15. The number of nitrogens with one attached hydrogen (secondary N) is 1. The van der Waals surface area contributed by atoms with E-state index in [1.165, 1.54) is 35.4 Å². The zero-order chi connectivity index (χ0) is 17.8. The molecule has 1 aromatic heterocycles. The maximum Gasteiger partial charge on any atom is 0.233 e. The van der Waals surface area contributed by atoms with Crippen LogP contribution in [0.4, 0.5) is 5.13 Å². The topological polar surface area (TPSA) is 42.0 Å². The summed E-state index contributed by atoms with van der Waals surface area (Å²) in [4.78, 5) is 18.6. The fraction of sp³-hybridized carbons (Fsp3) is 0.524. The summed E-state index contributed by atoms with van der Waals surface area (Å²) in [5, 5.41) is 3.80. The molecule has 3 nitrogen and oxygen atoms in total. The number of hydrogen-bond acceptors (Lipinski definition) is 3. The third-order valence-electron chi connectivity index (χ3n) is 4.84. The van der Waals surface area contributed by atoms with Crippen LogP contribution in [-0.2, 0) is 24.1 Å². The second-order valence-electron chi connectivity index (χ2n) is 7.50. The van der Waals surface area contributed by atoms with Crippen LogP contribution >= 0.6 is 11.3 Å². The largest absolute Gasteiger partial charge is 0.301 e. The molecule has 1 amide bonds. The zero-order valence-electron chi connectivity index (χ0n) is 15.5. The van der Waals surface area contributed by atoms with Crippen molar-refractivity contribution in [2.45, 2.75) is 65.2 Å². The fourth-order valence-electron chi connectivity index (χ4n) is 3.36. The average molecular weight is 357 g/mol. The SMILES string of the molecule is CC(C)Cc1ccc([C@@H](C)C(=O)Nc2nc3c(s2)CCCCC3)cc1. The summed E-state index contributed by atoms with van der Waals surface area (Å²) >= 11 is 1.66. The summed E-state index contributed by atoms with van der Waals surface area (Å²) in [5.41, 5.74) is 3.58. The van der Waals surface area contributed by atoms with Crippen molar-refractivity contribution in [1.29, 1.82) is 0 Å². The van der Waals surface area contributed by atoms with Gasteiger partial charge in [-0.15, -0.1) is 11.3 Å². The van der Waals surface area contributed by atoms with Gasteiger partial charge in [0, 0.05) is 4.88 Å². The van der Waals surface area contributed by atoms with Gasteiger partial charge in [-0.25, -0.2) is 4.98 Å². The van der Waals surface area contributed by atoms with Crippen LogP contribution in [0.1, 0.15) is 67.6 Å². The van der Waals surface area contributed by atoms with Gasteiger partial charge in [0.1, 0.15) is 0 Å². The second-order valence-corrected chi connectivity index (χ2v) is 8.58. The van der Waals surface area contributed by atoms with Gasteiger partial charge >= 0.3 is 0 Å². The highest BCUT2D eigenvalue weighted by Crippen LogP contribution is 2.29. The number of benzene rings is 1. The predicted molar refractivity (Wildman–Crippen MR) is 105 cm³/mol. The molecule has 0 unspecified atom stereocenters. The van der Waals surface area contributed by atoms with Crippen LogP contribution in [0.2, 0.25) is 0 Å². The van der Waals surface area contributed by atoms with Crippen molar-refractivity contribution in [1.82, 2.24) is 4.98 Å². The van der Waals surface area contributed by atoms with Crippen LogP contribution in [0.3, 0.4) is 0 Å². The molecule has 0 fully saturated rings.